The lowest BCUT2D eigenvalue weighted by molar-refractivity contribution is -0.137. The summed E-state index contributed by atoms with van der Waals surface area (Å²) in [6.45, 7) is 7.54. The standard InChI is InChI=1S/C26H25F4N3O4/c1-14-11-15(22(25(2,3)4)37-24(31)35)5-9-20(14)36-21-10-7-17(13-32-21)33-23(34)18-8-6-16(12-19(18)27)26(28,29)30/h5-13,22H,1-4H3,(H2,31,35)(H,33,34). The molecule has 3 aromatic rings. The SMILES string of the molecule is Cc1cc(C(OC(N)=O)C(C)(C)C)ccc1Oc1ccc(NC(=O)c2ccc(C(F)(F)F)cc2F)cn1. The van der Waals surface area contributed by atoms with Crippen LogP contribution in [0.5, 0.6) is 11.6 Å². The summed E-state index contributed by atoms with van der Waals surface area (Å²) in [5.41, 5.74) is 4.73. The van der Waals surface area contributed by atoms with Gasteiger partial charge in [-0.2, -0.15) is 13.2 Å². The van der Waals surface area contributed by atoms with E-state index in [1.54, 1.807) is 25.1 Å². The number of hydrogen-bond donors (Lipinski definition) is 2. The van der Waals surface area contributed by atoms with Gasteiger partial charge in [-0.1, -0.05) is 26.8 Å². The Hall–Kier alpha value is -4.15. The van der Waals surface area contributed by atoms with E-state index in [2.05, 4.69) is 10.3 Å². The van der Waals surface area contributed by atoms with Crippen LogP contribution in [-0.2, 0) is 10.9 Å². The summed E-state index contributed by atoms with van der Waals surface area (Å²) < 4.78 is 63.3. The first-order valence-corrected chi connectivity index (χ1v) is 11.0. The van der Waals surface area contributed by atoms with Crippen molar-refractivity contribution in [1.29, 1.82) is 0 Å². The number of anilines is 1. The van der Waals surface area contributed by atoms with Crippen LogP contribution in [-0.4, -0.2) is 17.0 Å². The molecule has 11 heteroatoms. The Morgan fingerprint density at radius 3 is 2.24 bits per heavy atom. The molecule has 3 N–H and O–H groups in total. The van der Waals surface area contributed by atoms with Gasteiger partial charge in [0, 0.05) is 11.5 Å². The number of pyridine rings is 1. The maximum absolute atomic E-state index is 14.1. The van der Waals surface area contributed by atoms with Gasteiger partial charge in [-0.15, -0.1) is 0 Å². The van der Waals surface area contributed by atoms with E-state index in [-0.39, 0.29) is 17.6 Å². The molecular weight excluding hydrogens is 494 g/mol. The van der Waals surface area contributed by atoms with Crippen LogP contribution in [0.25, 0.3) is 0 Å². The number of ether oxygens (including phenoxy) is 2. The second-order valence-corrected chi connectivity index (χ2v) is 9.34. The Balaban J connectivity index is 1.70. The molecular formula is C26H25F4N3O4. The van der Waals surface area contributed by atoms with Crippen LogP contribution in [0.1, 0.15) is 53.9 Å². The lowest BCUT2D eigenvalue weighted by Gasteiger charge is -2.30. The first-order chi connectivity index (χ1) is 17.1. The van der Waals surface area contributed by atoms with E-state index < -0.39 is 46.6 Å². The fraction of sp³-hybridized carbons (Fsp3) is 0.269. The van der Waals surface area contributed by atoms with Gasteiger partial charge in [0.1, 0.15) is 17.7 Å². The van der Waals surface area contributed by atoms with Crippen LogP contribution >= 0.6 is 0 Å². The number of halogens is 4. The molecule has 2 amide bonds. The van der Waals surface area contributed by atoms with E-state index in [1.165, 1.54) is 18.3 Å². The number of carbonyl (C=O) groups is 2. The Morgan fingerprint density at radius 2 is 1.73 bits per heavy atom. The van der Waals surface area contributed by atoms with Crippen LogP contribution in [0.4, 0.5) is 28.0 Å². The lowest BCUT2D eigenvalue weighted by atomic mass is 9.84. The van der Waals surface area contributed by atoms with Gasteiger partial charge in [0.15, 0.2) is 0 Å². The monoisotopic (exact) mass is 519 g/mol. The molecule has 0 fully saturated rings. The molecule has 0 aliphatic heterocycles. The number of carbonyl (C=O) groups excluding carboxylic acids is 2. The highest BCUT2D eigenvalue weighted by atomic mass is 19.4. The van der Waals surface area contributed by atoms with Crippen molar-refractivity contribution in [2.45, 2.75) is 40.0 Å². The Bertz CT molecular complexity index is 1300. The second-order valence-electron chi connectivity index (χ2n) is 9.34. The molecule has 3 rings (SSSR count). The number of nitrogens with zero attached hydrogens (tertiary/aromatic N) is 1. The van der Waals surface area contributed by atoms with Gasteiger partial charge < -0.3 is 20.5 Å². The average molecular weight is 519 g/mol. The van der Waals surface area contributed by atoms with E-state index in [4.69, 9.17) is 15.2 Å². The van der Waals surface area contributed by atoms with E-state index in [1.807, 2.05) is 20.8 Å². The zero-order valence-electron chi connectivity index (χ0n) is 20.4. The summed E-state index contributed by atoms with van der Waals surface area (Å²) >= 11 is 0. The number of primary amides is 1. The maximum atomic E-state index is 14.1. The van der Waals surface area contributed by atoms with Crippen LogP contribution < -0.4 is 15.8 Å². The molecule has 0 radical (unpaired) electrons. The van der Waals surface area contributed by atoms with Gasteiger partial charge in [0.05, 0.1) is 23.0 Å². The summed E-state index contributed by atoms with van der Waals surface area (Å²) in [6.07, 6.45) is -4.92. The molecule has 196 valence electrons. The van der Waals surface area contributed by atoms with Crippen molar-refractivity contribution in [3.8, 4) is 11.6 Å². The molecule has 1 unspecified atom stereocenters. The van der Waals surface area contributed by atoms with Crippen LogP contribution in [0.3, 0.4) is 0 Å². The zero-order valence-corrected chi connectivity index (χ0v) is 20.4. The van der Waals surface area contributed by atoms with Crippen LogP contribution in [0.15, 0.2) is 54.7 Å². The third-order valence-electron chi connectivity index (χ3n) is 5.27. The van der Waals surface area contributed by atoms with Crippen molar-refractivity contribution >= 4 is 17.7 Å². The van der Waals surface area contributed by atoms with Gasteiger partial charge in [0.25, 0.3) is 5.91 Å². The van der Waals surface area contributed by atoms with Crippen molar-refractivity contribution in [2.75, 3.05) is 5.32 Å². The highest BCUT2D eigenvalue weighted by Gasteiger charge is 2.32. The quantitative estimate of drug-likeness (QED) is 0.350. The number of amides is 2. The Labute approximate surface area is 210 Å². The summed E-state index contributed by atoms with van der Waals surface area (Å²) in [7, 11) is 0. The molecule has 0 spiro atoms. The molecule has 0 saturated carbocycles. The molecule has 1 aromatic heterocycles. The fourth-order valence-electron chi connectivity index (χ4n) is 3.51. The molecule has 1 atom stereocenters. The molecule has 7 nitrogen and oxygen atoms in total. The summed E-state index contributed by atoms with van der Waals surface area (Å²) in [4.78, 5) is 27.8. The molecule has 37 heavy (non-hydrogen) atoms. The van der Waals surface area contributed by atoms with E-state index in [9.17, 15) is 27.2 Å². The Kier molecular flexibility index (Phi) is 7.75. The second kappa shape index (κ2) is 10.5. The smallest absolute Gasteiger partial charge is 0.416 e. The number of aromatic nitrogens is 1. The molecule has 1 heterocycles. The predicted molar refractivity (Wildman–Crippen MR) is 128 cm³/mol. The lowest BCUT2D eigenvalue weighted by Crippen LogP contribution is -2.27. The molecule has 0 bridgehead atoms. The van der Waals surface area contributed by atoms with E-state index in [0.717, 1.165) is 17.2 Å². The van der Waals surface area contributed by atoms with E-state index >= 15 is 0 Å². The normalized spacial score (nSPS) is 12.5. The highest BCUT2D eigenvalue weighted by molar-refractivity contribution is 6.04. The summed E-state index contributed by atoms with van der Waals surface area (Å²) in [5, 5.41) is 2.38. The van der Waals surface area contributed by atoms with Gasteiger partial charge >= 0.3 is 12.3 Å². The van der Waals surface area contributed by atoms with Crippen molar-refractivity contribution in [3.63, 3.8) is 0 Å². The Morgan fingerprint density at radius 1 is 1.03 bits per heavy atom. The van der Waals surface area contributed by atoms with E-state index in [0.29, 0.717) is 11.8 Å². The van der Waals surface area contributed by atoms with Gasteiger partial charge in [-0.3, -0.25) is 4.79 Å². The third-order valence-corrected chi connectivity index (χ3v) is 5.27. The van der Waals surface area contributed by atoms with Crippen molar-refractivity contribution in [1.82, 2.24) is 4.98 Å². The molecule has 0 aliphatic rings. The number of nitrogens with one attached hydrogen (secondary N) is 1. The van der Waals surface area contributed by atoms with Gasteiger partial charge in [-0.25, -0.2) is 14.2 Å². The number of alkyl halides is 3. The topological polar surface area (TPSA) is 104 Å². The third kappa shape index (κ3) is 6.96. The zero-order chi connectivity index (χ0) is 27.5. The van der Waals surface area contributed by atoms with Gasteiger partial charge in [-0.05, 0) is 54.4 Å². The highest BCUT2D eigenvalue weighted by Crippen LogP contribution is 2.38. The van der Waals surface area contributed by atoms with Crippen molar-refractivity contribution in [2.24, 2.45) is 11.1 Å². The van der Waals surface area contributed by atoms with Gasteiger partial charge in [0.2, 0.25) is 5.88 Å². The number of aryl methyl sites for hydroxylation is 1. The minimum atomic E-state index is -4.72. The molecule has 2 aromatic carbocycles. The first kappa shape index (κ1) is 27.4. The van der Waals surface area contributed by atoms with Crippen molar-refractivity contribution in [3.05, 3.63) is 82.8 Å². The largest absolute Gasteiger partial charge is 0.441 e. The summed E-state index contributed by atoms with van der Waals surface area (Å²) in [6, 6.07) is 9.81. The fourth-order valence-corrected chi connectivity index (χ4v) is 3.51. The number of nitrogens with two attached hydrogens (primary N) is 1. The minimum Gasteiger partial charge on any atom is -0.441 e. The molecule has 0 aliphatic carbocycles. The van der Waals surface area contributed by atoms with Crippen LogP contribution in [0.2, 0.25) is 0 Å². The number of benzene rings is 2. The van der Waals surface area contributed by atoms with Crippen LogP contribution in [0, 0.1) is 18.2 Å². The molecule has 0 saturated heterocycles. The first-order valence-electron chi connectivity index (χ1n) is 11.0. The van der Waals surface area contributed by atoms with Crippen molar-refractivity contribution < 1.29 is 36.6 Å². The average Bonchev–Trinajstić information content (AvgIpc) is 2.78. The predicted octanol–water partition coefficient (Wildman–Crippen LogP) is 6.78. The number of hydrogen-bond acceptors (Lipinski definition) is 5. The number of rotatable bonds is 6. The summed E-state index contributed by atoms with van der Waals surface area (Å²) in [5.74, 6) is -1.56. The minimum absolute atomic E-state index is 0.181. The maximum Gasteiger partial charge on any atom is 0.416 e.